The minimum absolute atomic E-state index is 0.324. The summed E-state index contributed by atoms with van der Waals surface area (Å²) in [5, 5.41) is 3.24. The van der Waals surface area contributed by atoms with Gasteiger partial charge in [0.25, 0.3) is 0 Å². The maximum atomic E-state index is 6.11. The second kappa shape index (κ2) is 4.23. The van der Waals surface area contributed by atoms with E-state index in [1.54, 1.807) is 0 Å². The van der Waals surface area contributed by atoms with E-state index < -0.39 is 0 Å². The normalized spacial score (nSPS) is 32.5. The van der Waals surface area contributed by atoms with Crippen molar-refractivity contribution in [2.75, 3.05) is 13.2 Å². The third kappa shape index (κ3) is 1.77. The largest absolute Gasteiger partial charge is 0.373 e. The van der Waals surface area contributed by atoms with Gasteiger partial charge in [0, 0.05) is 6.04 Å². The molecule has 3 rings (SSSR count). The number of rotatable bonds is 1. The van der Waals surface area contributed by atoms with Gasteiger partial charge in [-0.2, -0.15) is 0 Å². The lowest BCUT2D eigenvalue weighted by Gasteiger charge is -2.42. The van der Waals surface area contributed by atoms with Crippen LogP contribution in [0.15, 0.2) is 18.2 Å². The van der Waals surface area contributed by atoms with Crippen LogP contribution in [0.25, 0.3) is 0 Å². The summed E-state index contributed by atoms with van der Waals surface area (Å²) in [5.74, 6) is 0. The van der Waals surface area contributed by atoms with E-state index in [2.05, 4.69) is 40.7 Å². The van der Waals surface area contributed by atoms with Crippen LogP contribution in [0.4, 0.5) is 0 Å². The summed E-state index contributed by atoms with van der Waals surface area (Å²) in [6.45, 7) is 4.08. The molecule has 2 atom stereocenters. The standard InChI is InChI=1S/C14H18NOSi/c1-10-4-2-5-11-7-9-16-14(17,13(10)11)12-6-3-8-15-12/h2,4-5,12,15H,3,6-9H2,1H3/t12-,14-/m1/s1. The fraction of sp³-hybridized carbons (Fsp3) is 0.571. The smallest absolute Gasteiger partial charge is 0.0902 e. The lowest BCUT2D eigenvalue weighted by Crippen LogP contribution is -2.51. The molecule has 1 fully saturated rings. The maximum absolute atomic E-state index is 6.11. The Bertz CT molecular complexity index is 428. The van der Waals surface area contributed by atoms with E-state index >= 15 is 0 Å². The minimum atomic E-state index is -0.324. The summed E-state index contributed by atoms with van der Waals surface area (Å²) >= 11 is 0. The van der Waals surface area contributed by atoms with Gasteiger partial charge in [-0.25, -0.2) is 0 Å². The Labute approximate surface area is 106 Å². The van der Waals surface area contributed by atoms with E-state index in [0.717, 1.165) is 19.6 Å². The van der Waals surface area contributed by atoms with Crippen LogP contribution < -0.4 is 5.32 Å². The molecule has 0 aromatic heterocycles. The van der Waals surface area contributed by atoms with Crippen LogP contribution in [0, 0.1) is 6.92 Å². The molecule has 1 aromatic carbocycles. The van der Waals surface area contributed by atoms with Crippen molar-refractivity contribution in [3.05, 3.63) is 34.9 Å². The number of ether oxygens (including phenoxy) is 1. The molecule has 89 valence electrons. The van der Waals surface area contributed by atoms with Gasteiger partial charge < -0.3 is 10.1 Å². The molecule has 3 heteroatoms. The number of benzene rings is 1. The molecule has 0 amide bonds. The average molecular weight is 244 g/mol. The molecule has 2 nitrogen and oxygen atoms in total. The van der Waals surface area contributed by atoms with Crippen molar-refractivity contribution >= 4 is 10.2 Å². The fourth-order valence-electron chi connectivity index (χ4n) is 3.17. The Balaban J connectivity index is 2.08. The first-order chi connectivity index (χ1) is 8.22. The van der Waals surface area contributed by atoms with Gasteiger partial charge in [0.1, 0.15) is 0 Å². The quantitative estimate of drug-likeness (QED) is 0.758. The molecule has 1 saturated heterocycles. The van der Waals surface area contributed by atoms with Crippen molar-refractivity contribution in [2.45, 2.75) is 37.5 Å². The van der Waals surface area contributed by atoms with Gasteiger partial charge in [-0.15, -0.1) is 0 Å². The van der Waals surface area contributed by atoms with Gasteiger partial charge in [-0.1, -0.05) is 18.2 Å². The lowest BCUT2D eigenvalue weighted by atomic mass is 9.88. The van der Waals surface area contributed by atoms with E-state index in [1.807, 2.05) is 0 Å². The number of hydrogen-bond donors (Lipinski definition) is 1. The Morgan fingerprint density at radius 3 is 3.12 bits per heavy atom. The Kier molecular flexibility index (Phi) is 2.85. The van der Waals surface area contributed by atoms with Crippen molar-refractivity contribution in [2.24, 2.45) is 0 Å². The number of aryl methyl sites for hydroxylation is 1. The average Bonchev–Trinajstić information content (AvgIpc) is 2.83. The summed E-state index contributed by atoms with van der Waals surface area (Å²) in [7, 11) is 3.95. The van der Waals surface area contributed by atoms with Gasteiger partial charge in [-0.05, 0) is 49.4 Å². The molecule has 3 radical (unpaired) electrons. The van der Waals surface area contributed by atoms with Crippen LogP contribution in [-0.4, -0.2) is 29.4 Å². The minimum Gasteiger partial charge on any atom is -0.373 e. The van der Waals surface area contributed by atoms with Crippen LogP contribution in [0.5, 0.6) is 0 Å². The molecule has 0 aliphatic carbocycles. The summed E-state index contributed by atoms with van der Waals surface area (Å²) in [6.07, 6.45) is 3.44. The molecule has 0 bridgehead atoms. The second-order valence-electron chi connectivity index (χ2n) is 5.09. The highest BCUT2D eigenvalue weighted by Crippen LogP contribution is 2.38. The van der Waals surface area contributed by atoms with Gasteiger partial charge in [0.2, 0.25) is 0 Å². The van der Waals surface area contributed by atoms with Gasteiger partial charge in [0.15, 0.2) is 0 Å². The van der Waals surface area contributed by atoms with Crippen LogP contribution in [0.3, 0.4) is 0 Å². The highest BCUT2D eigenvalue weighted by Gasteiger charge is 2.42. The molecule has 1 aromatic rings. The molecular weight excluding hydrogens is 226 g/mol. The van der Waals surface area contributed by atoms with Crippen molar-refractivity contribution in [1.82, 2.24) is 5.32 Å². The third-order valence-electron chi connectivity index (χ3n) is 3.98. The van der Waals surface area contributed by atoms with E-state index in [-0.39, 0.29) is 5.22 Å². The van der Waals surface area contributed by atoms with Crippen molar-refractivity contribution in [3.8, 4) is 0 Å². The topological polar surface area (TPSA) is 21.3 Å². The molecular formula is C14H18NOSi. The Morgan fingerprint density at radius 1 is 1.47 bits per heavy atom. The molecule has 17 heavy (non-hydrogen) atoms. The first kappa shape index (κ1) is 11.4. The number of nitrogens with one attached hydrogen (secondary N) is 1. The van der Waals surface area contributed by atoms with E-state index in [0.29, 0.717) is 6.04 Å². The van der Waals surface area contributed by atoms with Crippen LogP contribution in [0.1, 0.15) is 29.5 Å². The Morgan fingerprint density at radius 2 is 2.35 bits per heavy atom. The SMILES string of the molecule is Cc1cccc2c1[C@]([Si])([C@H]1CCCN1)OCC2. The van der Waals surface area contributed by atoms with Crippen molar-refractivity contribution < 1.29 is 4.74 Å². The van der Waals surface area contributed by atoms with Crippen molar-refractivity contribution in [3.63, 3.8) is 0 Å². The first-order valence-corrected chi connectivity index (χ1v) is 6.93. The second-order valence-corrected chi connectivity index (χ2v) is 5.83. The molecule has 2 heterocycles. The molecule has 1 N–H and O–H groups in total. The summed E-state index contributed by atoms with van der Waals surface area (Å²) < 4.78 is 6.11. The zero-order valence-electron chi connectivity index (χ0n) is 10.3. The third-order valence-corrected chi connectivity index (χ3v) is 4.73. The summed E-state index contributed by atoms with van der Waals surface area (Å²) in [5.41, 5.74) is 4.10. The fourth-order valence-corrected chi connectivity index (χ4v) is 3.87. The van der Waals surface area contributed by atoms with E-state index in [9.17, 15) is 0 Å². The monoisotopic (exact) mass is 244 g/mol. The summed E-state index contributed by atoms with van der Waals surface area (Å²) in [6, 6.07) is 6.94. The Hall–Kier alpha value is -0.643. The van der Waals surface area contributed by atoms with Crippen molar-refractivity contribution in [1.29, 1.82) is 0 Å². The molecule has 0 unspecified atom stereocenters. The van der Waals surface area contributed by atoms with Crippen LogP contribution in [-0.2, 0) is 16.4 Å². The first-order valence-electron chi connectivity index (χ1n) is 6.43. The molecule has 2 aliphatic heterocycles. The predicted octanol–water partition coefficient (Wildman–Crippen LogP) is 1.64. The highest BCUT2D eigenvalue weighted by atomic mass is 28.1. The predicted molar refractivity (Wildman–Crippen MR) is 69.3 cm³/mol. The van der Waals surface area contributed by atoms with E-state index in [1.165, 1.54) is 29.5 Å². The van der Waals surface area contributed by atoms with Gasteiger partial charge in [0.05, 0.1) is 22.1 Å². The van der Waals surface area contributed by atoms with Gasteiger partial charge >= 0.3 is 0 Å². The van der Waals surface area contributed by atoms with E-state index in [4.69, 9.17) is 4.74 Å². The number of hydrogen-bond acceptors (Lipinski definition) is 2. The zero-order valence-corrected chi connectivity index (χ0v) is 11.3. The van der Waals surface area contributed by atoms with Gasteiger partial charge in [-0.3, -0.25) is 0 Å². The highest BCUT2D eigenvalue weighted by molar-refractivity contribution is 6.16. The zero-order chi connectivity index (χ0) is 11.9. The molecule has 0 saturated carbocycles. The van der Waals surface area contributed by atoms with Crippen LogP contribution >= 0.6 is 0 Å². The summed E-state index contributed by atoms with van der Waals surface area (Å²) in [4.78, 5) is 0. The lowest BCUT2D eigenvalue weighted by molar-refractivity contribution is -0.0182. The number of fused-ring (bicyclic) bond motifs is 1. The van der Waals surface area contributed by atoms with Crippen LogP contribution in [0.2, 0.25) is 0 Å². The molecule has 2 aliphatic rings. The molecule has 0 spiro atoms. The maximum Gasteiger partial charge on any atom is 0.0902 e.